The third-order valence-electron chi connectivity index (χ3n) is 4.74. The van der Waals surface area contributed by atoms with E-state index in [2.05, 4.69) is 38.3 Å². The first kappa shape index (κ1) is 16.3. The number of aryl methyl sites for hydroxylation is 1. The van der Waals surface area contributed by atoms with Crippen LogP contribution in [0.25, 0.3) is 5.65 Å². The SMILES string of the molecule is C[C@H]1CCc2c(cnc3c(C(=O)NCc4cccc(Br)c4)cnn23)C1. The zero-order valence-electron chi connectivity index (χ0n) is 14.0. The van der Waals surface area contributed by atoms with Crippen molar-refractivity contribution >= 4 is 27.5 Å². The van der Waals surface area contributed by atoms with E-state index in [0.29, 0.717) is 23.7 Å². The van der Waals surface area contributed by atoms with E-state index in [9.17, 15) is 4.79 Å². The number of nitrogens with one attached hydrogen (secondary N) is 1. The van der Waals surface area contributed by atoms with E-state index in [-0.39, 0.29) is 5.91 Å². The molecule has 0 bridgehead atoms. The van der Waals surface area contributed by atoms with E-state index < -0.39 is 0 Å². The van der Waals surface area contributed by atoms with Crippen LogP contribution in [0.15, 0.2) is 41.1 Å². The van der Waals surface area contributed by atoms with Crippen LogP contribution in [-0.2, 0) is 19.4 Å². The number of benzene rings is 1. The predicted molar refractivity (Wildman–Crippen MR) is 99.5 cm³/mol. The molecular weight excluding hydrogens is 380 g/mol. The molecule has 0 radical (unpaired) electrons. The summed E-state index contributed by atoms with van der Waals surface area (Å²) in [5, 5.41) is 7.39. The summed E-state index contributed by atoms with van der Waals surface area (Å²) < 4.78 is 2.84. The molecule has 0 saturated carbocycles. The Morgan fingerprint density at radius 1 is 1.40 bits per heavy atom. The molecule has 6 heteroatoms. The molecule has 1 aliphatic rings. The number of carbonyl (C=O) groups is 1. The molecule has 4 rings (SSSR count). The molecule has 1 atom stereocenters. The van der Waals surface area contributed by atoms with Crippen molar-refractivity contribution in [1.29, 1.82) is 0 Å². The number of nitrogens with zero attached hydrogens (tertiary/aromatic N) is 3. The normalized spacial score (nSPS) is 16.6. The summed E-state index contributed by atoms with van der Waals surface area (Å²) in [5.41, 5.74) is 4.64. The number of aromatic nitrogens is 3. The fourth-order valence-electron chi connectivity index (χ4n) is 3.40. The number of rotatable bonds is 3. The molecule has 0 saturated heterocycles. The van der Waals surface area contributed by atoms with Gasteiger partial charge in [0, 0.05) is 22.9 Å². The fourth-order valence-corrected chi connectivity index (χ4v) is 3.84. The van der Waals surface area contributed by atoms with Crippen molar-refractivity contribution in [2.45, 2.75) is 32.7 Å². The van der Waals surface area contributed by atoms with Crippen molar-refractivity contribution in [2.75, 3.05) is 0 Å². The molecule has 1 aliphatic carbocycles. The van der Waals surface area contributed by atoms with E-state index in [4.69, 9.17) is 0 Å². The summed E-state index contributed by atoms with van der Waals surface area (Å²) in [6.45, 7) is 2.73. The summed E-state index contributed by atoms with van der Waals surface area (Å²) >= 11 is 3.44. The zero-order valence-corrected chi connectivity index (χ0v) is 15.6. The maximum atomic E-state index is 12.6. The van der Waals surface area contributed by atoms with Crippen molar-refractivity contribution in [3.8, 4) is 0 Å². The van der Waals surface area contributed by atoms with Crippen LogP contribution < -0.4 is 5.32 Å². The van der Waals surface area contributed by atoms with Crippen LogP contribution >= 0.6 is 15.9 Å². The fraction of sp³-hybridized carbons (Fsp3) is 0.316. The van der Waals surface area contributed by atoms with Crippen LogP contribution in [0.4, 0.5) is 0 Å². The number of hydrogen-bond acceptors (Lipinski definition) is 3. The highest BCUT2D eigenvalue weighted by Crippen LogP contribution is 2.25. The number of carbonyl (C=O) groups excluding carboxylic acids is 1. The van der Waals surface area contributed by atoms with Gasteiger partial charge in [-0.25, -0.2) is 9.50 Å². The van der Waals surface area contributed by atoms with Crippen LogP contribution in [0.1, 0.15) is 40.5 Å². The van der Waals surface area contributed by atoms with Crippen LogP contribution in [-0.4, -0.2) is 20.5 Å². The van der Waals surface area contributed by atoms with Crippen LogP contribution in [0, 0.1) is 5.92 Å². The van der Waals surface area contributed by atoms with Gasteiger partial charge < -0.3 is 5.32 Å². The molecule has 0 fully saturated rings. The first-order valence-corrected chi connectivity index (χ1v) is 9.28. The van der Waals surface area contributed by atoms with Gasteiger partial charge in [0.1, 0.15) is 5.56 Å². The number of fused-ring (bicyclic) bond motifs is 3. The average Bonchev–Trinajstić information content (AvgIpc) is 3.04. The molecule has 2 aromatic heterocycles. The smallest absolute Gasteiger partial charge is 0.257 e. The number of hydrogen-bond donors (Lipinski definition) is 1. The predicted octanol–water partition coefficient (Wildman–Crippen LogP) is 3.55. The molecule has 5 nitrogen and oxygen atoms in total. The summed E-state index contributed by atoms with van der Waals surface area (Å²) in [7, 11) is 0. The molecule has 2 heterocycles. The average molecular weight is 399 g/mol. The van der Waals surface area contributed by atoms with Gasteiger partial charge in [-0.2, -0.15) is 5.10 Å². The first-order valence-electron chi connectivity index (χ1n) is 8.49. The molecular formula is C19H19BrN4O. The van der Waals surface area contributed by atoms with Crippen molar-refractivity contribution in [2.24, 2.45) is 5.92 Å². The maximum absolute atomic E-state index is 12.6. The van der Waals surface area contributed by atoms with Crippen molar-refractivity contribution in [1.82, 2.24) is 19.9 Å². The lowest BCUT2D eigenvalue weighted by Gasteiger charge is -2.21. The third kappa shape index (κ3) is 3.18. The summed E-state index contributed by atoms with van der Waals surface area (Å²) in [6, 6.07) is 7.89. The Bertz CT molecular complexity index is 950. The topological polar surface area (TPSA) is 59.3 Å². The van der Waals surface area contributed by atoms with Crippen LogP contribution in [0.3, 0.4) is 0 Å². The molecule has 1 N–H and O–H groups in total. The van der Waals surface area contributed by atoms with Gasteiger partial charge in [0.15, 0.2) is 5.65 Å². The standard InChI is InChI=1S/C19H19BrN4O/c1-12-5-6-17-14(7-12)10-21-18-16(11-23-24(17)18)19(25)22-9-13-3-2-4-15(20)8-13/h2-4,8,10-12H,5-7,9H2,1H3,(H,22,25)/t12-/m0/s1. The second kappa shape index (κ2) is 6.59. The van der Waals surface area contributed by atoms with Crippen molar-refractivity contribution in [3.63, 3.8) is 0 Å². The molecule has 25 heavy (non-hydrogen) atoms. The Kier molecular flexibility index (Phi) is 4.29. The Morgan fingerprint density at radius 2 is 2.28 bits per heavy atom. The molecule has 0 spiro atoms. The minimum absolute atomic E-state index is 0.147. The number of amides is 1. The Labute approximate surface area is 154 Å². The van der Waals surface area contributed by atoms with Gasteiger partial charge in [-0.15, -0.1) is 0 Å². The monoisotopic (exact) mass is 398 g/mol. The van der Waals surface area contributed by atoms with Crippen molar-refractivity contribution < 1.29 is 4.79 Å². The van der Waals surface area contributed by atoms with Crippen LogP contribution in [0.5, 0.6) is 0 Å². The Hall–Kier alpha value is -2.21. The van der Waals surface area contributed by atoms with E-state index in [1.807, 2.05) is 35.0 Å². The van der Waals surface area contributed by atoms with Gasteiger partial charge in [-0.1, -0.05) is 35.0 Å². The first-order chi connectivity index (χ1) is 12.1. The maximum Gasteiger partial charge on any atom is 0.257 e. The summed E-state index contributed by atoms with van der Waals surface area (Å²) in [5.74, 6) is 0.530. The lowest BCUT2D eigenvalue weighted by atomic mass is 9.89. The van der Waals surface area contributed by atoms with E-state index in [1.165, 1.54) is 11.3 Å². The lowest BCUT2D eigenvalue weighted by molar-refractivity contribution is 0.0952. The van der Waals surface area contributed by atoms with Gasteiger partial charge in [0.25, 0.3) is 5.91 Å². The van der Waals surface area contributed by atoms with E-state index in [1.54, 1.807) is 6.20 Å². The minimum Gasteiger partial charge on any atom is -0.348 e. The molecule has 1 aromatic carbocycles. The zero-order chi connectivity index (χ0) is 17.4. The molecule has 0 unspecified atom stereocenters. The molecule has 128 valence electrons. The Morgan fingerprint density at radius 3 is 3.12 bits per heavy atom. The highest BCUT2D eigenvalue weighted by Gasteiger charge is 2.21. The lowest BCUT2D eigenvalue weighted by Crippen LogP contribution is -2.23. The highest BCUT2D eigenvalue weighted by molar-refractivity contribution is 9.10. The second-order valence-corrected chi connectivity index (χ2v) is 7.60. The van der Waals surface area contributed by atoms with Gasteiger partial charge in [-0.05, 0) is 48.4 Å². The quantitative estimate of drug-likeness (QED) is 0.733. The van der Waals surface area contributed by atoms with Gasteiger partial charge in [-0.3, -0.25) is 4.79 Å². The van der Waals surface area contributed by atoms with Gasteiger partial charge in [0.05, 0.1) is 6.20 Å². The summed E-state index contributed by atoms with van der Waals surface area (Å²) in [6.07, 6.45) is 6.69. The molecule has 0 aliphatic heterocycles. The largest absolute Gasteiger partial charge is 0.348 e. The highest BCUT2D eigenvalue weighted by atomic mass is 79.9. The van der Waals surface area contributed by atoms with Gasteiger partial charge >= 0.3 is 0 Å². The second-order valence-electron chi connectivity index (χ2n) is 6.68. The molecule has 3 aromatic rings. The van der Waals surface area contributed by atoms with Crippen LogP contribution in [0.2, 0.25) is 0 Å². The third-order valence-corrected chi connectivity index (χ3v) is 5.24. The summed E-state index contributed by atoms with van der Waals surface area (Å²) in [4.78, 5) is 17.1. The van der Waals surface area contributed by atoms with Gasteiger partial charge in [0.2, 0.25) is 0 Å². The molecule has 1 amide bonds. The van der Waals surface area contributed by atoms with E-state index >= 15 is 0 Å². The van der Waals surface area contributed by atoms with E-state index in [0.717, 1.165) is 29.3 Å². The minimum atomic E-state index is -0.147. The van der Waals surface area contributed by atoms with Crippen molar-refractivity contribution in [3.05, 3.63) is 63.5 Å². The Balaban J connectivity index is 1.58. The number of halogens is 1.